The summed E-state index contributed by atoms with van der Waals surface area (Å²) in [6.07, 6.45) is 3.25. The third-order valence-electron chi connectivity index (χ3n) is 5.57. The van der Waals surface area contributed by atoms with Crippen LogP contribution in [-0.4, -0.2) is 35.8 Å². The molecule has 1 atom stereocenters. The number of carbonyl (C=O) groups excluding carboxylic acids is 3. The molecule has 3 heterocycles. The number of halogens is 1. The summed E-state index contributed by atoms with van der Waals surface area (Å²) in [5, 5.41) is 2.21. The van der Waals surface area contributed by atoms with Crippen LogP contribution in [0.1, 0.15) is 38.1 Å². The van der Waals surface area contributed by atoms with E-state index in [0.717, 1.165) is 23.7 Å². The van der Waals surface area contributed by atoms with Crippen LogP contribution in [0.3, 0.4) is 0 Å². The van der Waals surface area contributed by atoms with E-state index in [1.165, 1.54) is 12.1 Å². The van der Waals surface area contributed by atoms with Crippen molar-refractivity contribution >= 4 is 34.9 Å². The number of nitrogens with zero attached hydrogens (tertiary/aromatic N) is 2. The van der Waals surface area contributed by atoms with Crippen LogP contribution in [0.15, 0.2) is 21.3 Å². The molecule has 9 heteroatoms. The topological polar surface area (TPSA) is 102 Å². The Kier molecular flexibility index (Phi) is 4.74. The molecule has 0 saturated carbocycles. The van der Waals surface area contributed by atoms with E-state index in [2.05, 4.69) is 5.32 Å². The molecule has 1 aromatic carbocycles. The molecular weight excluding hydrogens is 369 g/mol. The van der Waals surface area contributed by atoms with Gasteiger partial charge in [0.2, 0.25) is 11.8 Å². The molecule has 2 aromatic rings. The van der Waals surface area contributed by atoms with Crippen molar-refractivity contribution in [2.45, 2.75) is 38.1 Å². The summed E-state index contributed by atoms with van der Waals surface area (Å²) in [6, 6.07) is 1.58. The molecule has 0 aliphatic carbocycles. The van der Waals surface area contributed by atoms with Gasteiger partial charge < -0.3 is 14.1 Å². The number of hydrogen-bond donors (Lipinski definition) is 1. The normalized spacial score (nSPS) is 21.2. The molecular formula is C19H20FN3O5. The van der Waals surface area contributed by atoms with Gasteiger partial charge in [0.25, 0.3) is 0 Å². The fourth-order valence-corrected chi connectivity index (χ4v) is 4.09. The standard InChI is InChI=1S/C19H20FN3O5/c20-12-9-14(22-6-3-11(4-7-22)5-8-24)17-15(10-12)23(19(27)28-17)13-1-2-16(25)21-18(13)26/h8-11,13H,1-7H2,(H,21,25,26). The van der Waals surface area contributed by atoms with Gasteiger partial charge in [0.15, 0.2) is 5.58 Å². The Morgan fingerprint density at radius 2 is 1.93 bits per heavy atom. The van der Waals surface area contributed by atoms with Crippen LogP contribution in [0.2, 0.25) is 0 Å². The van der Waals surface area contributed by atoms with Gasteiger partial charge in [0.05, 0.1) is 11.2 Å². The van der Waals surface area contributed by atoms with E-state index in [-0.39, 0.29) is 23.9 Å². The van der Waals surface area contributed by atoms with Crippen LogP contribution in [0.25, 0.3) is 11.1 Å². The number of oxazole rings is 1. The van der Waals surface area contributed by atoms with Crippen molar-refractivity contribution < 1.29 is 23.2 Å². The minimum atomic E-state index is -0.917. The number of benzene rings is 1. The van der Waals surface area contributed by atoms with Crippen molar-refractivity contribution in [3.05, 3.63) is 28.5 Å². The Bertz CT molecular complexity index is 1000. The van der Waals surface area contributed by atoms with Crippen molar-refractivity contribution in [1.29, 1.82) is 0 Å². The van der Waals surface area contributed by atoms with Crippen molar-refractivity contribution in [3.8, 4) is 0 Å². The monoisotopic (exact) mass is 389 g/mol. The second-order valence-electron chi connectivity index (χ2n) is 7.31. The van der Waals surface area contributed by atoms with Crippen LogP contribution >= 0.6 is 0 Å². The second-order valence-corrected chi connectivity index (χ2v) is 7.31. The number of fused-ring (bicyclic) bond motifs is 1. The van der Waals surface area contributed by atoms with E-state index in [9.17, 15) is 23.6 Å². The Balaban J connectivity index is 1.72. The quantitative estimate of drug-likeness (QED) is 0.628. The van der Waals surface area contributed by atoms with Crippen LogP contribution in [-0.2, 0) is 14.4 Å². The van der Waals surface area contributed by atoms with E-state index in [1.54, 1.807) is 0 Å². The molecule has 4 rings (SSSR count). The molecule has 2 saturated heterocycles. The van der Waals surface area contributed by atoms with E-state index in [4.69, 9.17) is 4.42 Å². The first-order valence-corrected chi connectivity index (χ1v) is 9.34. The number of aromatic nitrogens is 1. The van der Waals surface area contributed by atoms with Gasteiger partial charge in [-0.15, -0.1) is 0 Å². The van der Waals surface area contributed by atoms with Crippen LogP contribution in [0.4, 0.5) is 10.1 Å². The molecule has 1 N–H and O–H groups in total. The minimum absolute atomic E-state index is 0.0991. The fourth-order valence-electron chi connectivity index (χ4n) is 4.09. The van der Waals surface area contributed by atoms with Crippen LogP contribution in [0.5, 0.6) is 0 Å². The Hall–Kier alpha value is -2.97. The SMILES string of the molecule is O=CCC1CCN(c2cc(F)cc3c2oc(=O)n3C2CCC(=O)NC2=O)CC1. The summed E-state index contributed by atoms with van der Waals surface area (Å²) in [7, 11) is 0. The Labute approximate surface area is 159 Å². The lowest BCUT2D eigenvalue weighted by molar-refractivity contribution is -0.135. The molecule has 2 fully saturated rings. The van der Waals surface area contributed by atoms with Gasteiger partial charge in [-0.25, -0.2) is 9.18 Å². The van der Waals surface area contributed by atoms with Crippen molar-refractivity contribution in [3.63, 3.8) is 0 Å². The van der Waals surface area contributed by atoms with E-state index < -0.39 is 29.4 Å². The largest absolute Gasteiger partial charge is 0.420 e. The van der Waals surface area contributed by atoms with Gasteiger partial charge in [-0.3, -0.25) is 19.5 Å². The molecule has 2 aliphatic rings. The highest BCUT2D eigenvalue weighted by Crippen LogP contribution is 2.33. The lowest BCUT2D eigenvalue weighted by Crippen LogP contribution is -2.43. The van der Waals surface area contributed by atoms with E-state index in [0.29, 0.717) is 31.1 Å². The summed E-state index contributed by atoms with van der Waals surface area (Å²) < 4.78 is 20.9. The van der Waals surface area contributed by atoms with Gasteiger partial charge in [0.1, 0.15) is 18.1 Å². The molecule has 1 unspecified atom stereocenters. The van der Waals surface area contributed by atoms with Gasteiger partial charge in [0, 0.05) is 38.1 Å². The lowest BCUT2D eigenvalue weighted by atomic mass is 9.94. The molecule has 148 valence electrons. The third-order valence-corrected chi connectivity index (χ3v) is 5.57. The molecule has 0 bridgehead atoms. The highest BCUT2D eigenvalue weighted by molar-refractivity contribution is 6.00. The van der Waals surface area contributed by atoms with Gasteiger partial charge in [-0.1, -0.05) is 0 Å². The molecule has 2 aliphatic heterocycles. The number of piperidine rings is 2. The average molecular weight is 389 g/mol. The zero-order chi connectivity index (χ0) is 19.8. The highest BCUT2D eigenvalue weighted by atomic mass is 19.1. The number of carbonyl (C=O) groups is 3. The number of imide groups is 1. The number of anilines is 1. The second kappa shape index (κ2) is 7.21. The zero-order valence-corrected chi connectivity index (χ0v) is 15.2. The van der Waals surface area contributed by atoms with E-state index >= 15 is 0 Å². The molecule has 28 heavy (non-hydrogen) atoms. The first-order chi connectivity index (χ1) is 13.5. The number of nitrogens with one attached hydrogen (secondary N) is 1. The number of rotatable bonds is 4. The summed E-state index contributed by atoms with van der Waals surface area (Å²) in [5.74, 6) is -1.99. The van der Waals surface area contributed by atoms with Crippen LogP contribution < -0.4 is 16.0 Å². The lowest BCUT2D eigenvalue weighted by Gasteiger charge is -2.32. The number of hydrogen-bond acceptors (Lipinski definition) is 6. The molecule has 8 nitrogen and oxygen atoms in total. The van der Waals surface area contributed by atoms with Gasteiger partial charge in [-0.2, -0.15) is 0 Å². The number of aldehydes is 1. The summed E-state index contributed by atoms with van der Waals surface area (Å²) in [5.41, 5.74) is 0.886. The summed E-state index contributed by atoms with van der Waals surface area (Å²) in [4.78, 5) is 48.7. The predicted octanol–water partition coefficient (Wildman–Crippen LogP) is 1.52. The third kappa shape index (κ3) is 3.21. The van der Waals surface area contributed by atoms with Gasteiger partial charge in [-0.05, 0) is 25.2 Å². The van der Waals surface area contributed by atoms with E-state index in [1.807, 2.05) is 4.90 Å². The molecule has 0 spiro atoms. The van der Waals surface area contributed by atoms with Crippen molar-refractivity contribution in [2.24, 2.45) is 5.92 Å². The maximum atomic E-state index is 14.4. The predicted molar refractivity (Wildman–Crippen MR) is 97.5 cm³/mol. The summed E-state index contributed by atoms with van der Waals surface area (Å²) in [6.45, 7) is 1.23. The molecule has 2 amide bonds. The fraction of sp³-hybridized carbons (Fsp3) is 0.474. The number of amides is 2. The average Bonchev–Trinajstić information content (AvgIpc) is 2.98. The van der Waals surface area contributed by atoms with Crippen molar-refractivity contribution in [2.75, 3.05) is 18.0 Å². The highest BCUT2D eigenvalue weighted by Gasteiger charge is 2.32. The Morgan fingerprint density at radius 3 is 2.61 bits per heavy atom. The maximum absolute atomic E-state index is 14.4. The van der Waals surface area contributed by atoms with Crippen LogP contribution in [0, 0.1) is 11.7 Å². The summed E-state index contributed by atoms with van der Waals surface area (Å²) >= 11 is 0. The van der Waals surface area contributed by atoms with Crippen molar-refractivity contribution in [1.82, 2.24) is 9.88 Å². The molecule has 1 aromatic heterocycles. The smallest absolute Gasteiger partial charge is 0.405 e. The van der Waals surface area contributed by atoms with Gasteiger partial charge >= 0.3 is 5.76 Å². The first kappa shape index (κ1) is 18.4. The first-order valence-electron chi connectivity index (χ1n) is 9.34. The zero-order valence-electron chi connectivity index (χ0n) is 15.2. The minimum Gasteiger partial charge on any atom is -0.405 e. The maximum Gasteiger partial charge on any atom is 0.420 e. The molecule has 0 radical (unpaired) electrons. The Morgan fingerprint density at radius 1 is 1.18 bits per heavy atom.